The van der Waals surface area contributed by atoms with Crippen LogP contribution in [0.3, 0.4) is 0 Å². The van der Waals surface area contributed by atoms with Crippen molar-refractivity contribution in [3.05, 3.63) is 56.8 Å². The number of carbonyl (C=O) groups is 2. The summed E-state index contributed by atoms with van der Waals surface area (Å²) < 4.78 is 10.5. The summed E-state index contributed by atoms with van der Waals surface area (Å²) in [5.41, 5.74) is 0.214. The maximum absolute atomic E-state index is 12.5. The lowest BCUT2D eigenvalue weighted by Gasteiger charge is -2.16. The molecule has 0 fully saturated rings. The molecule has 0 atom stereocenters. The zero-order valence-electron chi connectivity index (χ0n) is 16.5. The molecule has 2 N–H and O–H groups in total. The minimum absolute atomic E-state index is 0.0335. The van der Waals surface area contributed by atoms with E-state index in [1.165, 1.54) is 18.2 Å². The van der Waals surface area contributed by atoms with Crippen molar-refractivity contribution in [2.24, 2.45) is 5.41 Å². The van der Waals surface area contributed by atoms with E-state index < -0.39 is 17.0 Å². The van der Waals surface area contributed by atoms with Gasteiger partial charge in [-0.05, 0) is 30.7 Å². The summed E-state index contributed by atoms with van der Waals surface area (Å²) in [7, 11) is 0. The Morgan fingerprint density at radius 3 is 2.62 bits per heavy atom. The van der Waals surface area contributed by atoms with Gasteiger partial charge >= 0.3 is 11.6 Å². The van der Waals surface area contributed by atoms with Crippen LogP contribution < -0.4 is 10.9 Å². The highest BCUT2D eigenvalue weighted by atomic mass is 32.1. The Hall–Kier alpha value is -3.13. The number of aryl methyl sites for hydroxylation is 1. The SMILES string of the molecule is Cc1cc(NC(=O)C(C)(C)C)sc1C(=O)OCc1cc(=O)oc2cc(O)ccc12. The van der Waals surface area contributed by atoms with Gasteiger partial charge in [0.2, 0.25) is 5.91 Å². The van der Waals surface area contributed by atoms with Gasteiger partial charge < -0.3 is 19.6 Å². The van der Waals surface area contributed by atoms with Gasteiger partial charge in [-0.1, -0.05) is 20.8 Å². The molecule has 0 unspecified atom stereocenters. The quantitative estimate of drug-likeness (QED) is 0.488. The van der Waals surface area contributed by atoms with E-state index in [4.69, 9.17) is 9.15 Å². The van der Waals surface area contributed by atoms with Crippen LogP contribution >= 0.6 is 11.3 Å². The maximum Gasteiger partial charge on any atom is 0.348 e. The van der Waals surface area contributed by atoms with E-state index >= 15 is 0 Å². The molecule has 2 heterocycles. The standard InChI is InChI=1S/C21H21NO6S/c1-11-7-16(22-20(26)21(2,3)4)29-18(11)19(25)27-10-12-8-17(24)28-15-9-13(23)5-6-14(12)15/h5-9,23H,10H2,1-4H3,(H,22,26). The largest absolute Gasteiger partial charge is 0.508 e. The summed E-state index contributed by atoms with van der Waals surface area (Å²) in [5, 5.41) is 13.5. The minimum atomic E-state index is -0.603. The van der Waals surface area contributed by atoms with Gasteiger partial charge in [-0.25, -0.2) is 9.59 Å². The summed E-state index contributed by atoms with van der Waals surface area (Å²) in [6.45, 7) is 7.04. The summed E-state index contributed by atoms with van der Waals surface area (Å²) in [5.74, 6) is -0.734. The first-order valence-electron chi connectivity index (χ1n) is 8.89. The van der Waals surface area contributed by atoms with E-state index in [1.807, 2.05) is 0 Å². The second kappa shape index (κ2) is 7.71. The average molecular weight is 415 g/mol. The van der Waals surface area contributed by atoms with Crippen molar-refractivity contribution < 1.29 is 23.8 Å². The summed E-state index contributed by atoms with van der Waals surface area (Å²) in [6.07, 6.45) is 0. The number of esters is 1. The third kappa shape index (κ3) is 4.65. The smallest absolute Gasteiger partial charge is 0.348 e. The molecule has 0 radical (unpaired) electrons. The third-order valence-corrected chi connectivity index (χ3v) is 5.33. The third-order valence-electron chi connectivity index (χ3n) is 4.19. The number of fused-ring (bicyclic) bond motifs is 1. The van der Waals surface area contributed by atoms with Crippen LogP contribution in [0.25, 0.3) is 11.0 Å². The van der Waals surface area contributed by atoms with Crippen LogP contribution in [0.5, 0.6) is 5.75 Å². The molecule has 0 bridgehead atoms. The Labute approximate surface area is 170 Å². The minimum Gasteiger partial charge on any atom is -0.508 e. The van der Waals surface area contributed by atoms with Gasteiger partial charge in [0.25, 0.3) is 0 Å². The first kappa shape index (κ1) is 20.6. The van der Waals surface area contributed by atoms with E-state index in [2.05, 4.69) is 5.32 Å². The van der Waals surface area contributed by atoms with Crippen molar-refractivity contribution in [2.75, 3.05) is 5.32 Å². The number of thiophene rings is 1. The first-order chi connectivity index (χ1) is 13.5. The van der Waals surface area contributed by atoms with Crippen molar-refractivity contribution in [1.82, 2.24) is 0 Å². The number of phenols is 1. The number of nitrogens with one attached hydrogen (secondary N) is 1. The van der Waals surface area contributed by atoms with Gasteiger partial charge in [-0.3, -0.25) is 4.79 Å². The molecular weight excluding hydrogens is 394 g/mol. The van der Waals surface area contributed by atoms with Crippen LogP contribution in [0.15, 0.2) is 39.5 Å². The van der Waals surface area contributed by atoms with Crippen LogP contribution in [-0.2, 0) is 16.1 Å². The van der Waals surface area contributed by atoms with Crippen molar-refractivity contribution in [3.63, 3.8) is 0 Å². The van der Waals surface area contributed by atoms with Gasteiger partial charge in [0, 0.05) is 28.5 Å². The Morgan fingerprint density at radius 2 is 1.93 bits per heavy atom. The zero-order valence-corrected chi connectivity index (χ0v) is 17.3. The highest BCUT2D eigenvalue weighted by Gasteiger charge is 2.23. The molecule has 8 heteroatoms. The summed E-state index contributed by atoms with van der Waals surface area (Å²) in [6, 6.07) is 7.35. The Morgan fingerprint density at radius 1 is 1.21 bits per heavy atom. The monoisotopic (exact) mass is 415 g/mol. The topological polar surface area (TPSA) is 106 Å². The van der Waals surface area contributed by atoms with E-state index in [-0.39, 0.29) is 23.8 Å². The number of aromatic hydroxyl groups is 1. The van der Waals surface area contributed by atoms with Crippen LogP contribution in [0.4, 0.5) is 5.00 Å². The molecular formula is C21H21NO6S. The number of ether oxygens (including phenoxy) is 1. The number of anilines is 1. The summed E-state index contributed by atoms with van der Waals surface area (Å²) >= 11 is 1.14. The number of carbonyl (C=O) groups excluding carboxylic acids is 2. The fourth-order valence-corrected chi connectivity index (χ4v) is 3.55. The predicted molar refractivity (Wildman–Crippen MR) is 110 cm³/mol. The molecule has 152 valence electrons. The summed E-state index contributed by atoms with van der Waals surface area (Å²) in [4.78, 5) is 36.8. The van der Waals surface area contributed by atoms with Gasteiger partial charge in [-0.2, -0.15) is 0 Å². The van der Waals surface area contributed by atoms with Gasteiger partial charge in [0.05, 0.1) is 5.00 Å². The van der Waals surface area contributed by atoms with Crippen molar-refractivity contribution in [1.29, 1.82) is 0 Å². The van der Waals surface area contributed by atoms with Crippen molar-refractivity contribution >= 4 is 39.2 Å². The molecule has 1 amide bonds. The second-order valence-electron chi connectivity index (χ2n) is 7.67. The van der Waals surface area contributed by atoms with E-state index in [1.54, 1.807) is 39.8 Å². The van der Waals surface area contributed by atoms with Crippen molar-refractivity contribution in [2.45, 2.75) is 34.3 Å². The number of rotatable bonds is 4. The molecule has 2 aromatic heterocycles. The van der Waals surface area contributed by atoms with Crippen LogP contribution in [0.1, 0.15) is 41.6 Å². The number of phenolic OH excluding ortho intramolecular Hbond substituents is 1. The van der Waals surface area contributed by atoms with Crippen LogP contribution in [-0.4, -0.2) is 17.0 Å². The average Bonchev–Trinajstić information content (AvgIpc) is 2.98. The Kier molecular flexibility index (Phi) is 5.48. The normalized spacial score (nSPS) is 11.4. The molecule has 7 nitrogen and oxygen atoms in total. The van der Waals surface area contributed by atoms with Crippen LogP contribution in [0.2, 0.25) is 0 Å². The molecule has 0 aliphatic heterocycles. The van der Waals surface area contributed by atoms with E-state index in [0.717, 1.165) is 11.3 Å². The fraction of sp³-hybridized carbons (Fsp3) is 0.286. The molecule has 0 saturated heterocycles. The molecule has 0 aliphatic rings. The highest BCUT2D eigenvalue weighted by Crippen LogP contribution is 2.29. The Bertz CT molecular complexity index is 1150. The predicted octanol–water partition coefficient (Wildman–Crippen LogP) is 4.21. The molecule has 0 spiro atoms. The van der Waals surface area contributed by atoms with Gasteiger partial charge in [0.1, 0.15) is 22.8 Å². The fourth-order valence-electron chi connectivity index (χ4n) is 2.59. The number of hydrogen-bond acceptors (Lipinski definition) is 7. The van der Waals surface area contributed by atoms with Gasteiger partial charge in [-0.15, -0.1) is 11.3 Å². The lowest BCUT2D eigenvalue weighted by atomic mass is 9.96. The first-order valence-corrected chi connectivity index (χ1v) is 9.71. The van der Waals surface area contributed by atoms with Gasteiger partial charge in [0.15, 0.2) is 0 Å². The number of amides is 1. The molecule has 0 saturated carbocycles. The number of hydrogen-bond donors (Lipinski definition) is 2. The van der Waals surface area contributed by atoms with Crippen molar-refractivity contribution in [3.8, 4) is 5.75 Å². The lowest BCUT2D eigenvalue weighted by molar-refractivity contribution is -0.123. The number of benzene rings is 1. The molecule has 3 aromatic rings. The molecule has 1 aromatic carbocycles. The maximum atomic E-state index is 12.5. The highest BCUT2D eigenvalue weighted by molar-refractivity contribution is 7.18. The van der Waals surface area contributed by atoms with E-state index in [0.29, 0.717) is 26.4 Å². The second-order valence-corrected chi connectivity index (χ2v) is 8.73. The molecule has 29 heavy (non-hydrogen) atoms. The van der Waals surface area contributed by atoms with E-state index in [9.17, 15) is 19.5 Å². The van der Waals surface area contributed by atoms with Crippen LogP contribution in [0, 0.1) is 12.3 Å². The zero-order chi connectivity index (χ0) is 21.3. The lowest BCUT2D eigenvalue weighted by Crippen LogP contribution is -2.27. The Balaban J connectivity index is 1.78. The molecule has 3 rings (SSSR count). The molecule has 0 aliphatic carbocycles.